The van der Waals surface area contributed by atoms with Crippen LogP contribution in [-0.2, 0) is 9.22 Å². The van der Waals surface area contributed by atoms with Gasteiger partial charge in [-0.05, 0) is 55.3 Å². The zero-order valence-corrected chi connectivity index (χ0v) is 19.8. The summed E-state index contributed by atoms with van der Waals surface area (Å²) in [4.78, 5) is 10.4. The quantitative estimate of drug-likeness (QED) is 0.0976. The molecular weight excluding hydrogens is 442 g/mol. The van der Waals surface area contributed by atoms with Gasteiger partial charge in [0.05, 0.1) is 0 Å². The molecule has 0 saturated carbocycles. The SMILES string of the molecule is CC[Si](CC)(CC)OC(C=CCC(C)(C)CCCC=CC(=O)O)(C(F)(F)F)C(F)(F)F. The van der Waals surface area contributed by atoms with Crippen molar-refractivity contribution in [2.75, 3.05) is 0 Å². The van der Waals surface area contributed by atoms with Crippen molar-refractivity contribution in [3.8, 4) is 0 Å². The average Bonchev–Trinajstić information content (AvgIpc) is 2.62. The Labute approximate surface area is 181 Å². The minimum absolute atomic E-state index is 0.00809. The highest BCUT2D eigenvalue weighted by Crippen LogP contribution is 2.50. The lowest BCUT2D eigenvalue weighted by molar-refractivity contribution is -0.341. The van der Waals surface area contributed by atoms with Crippen LogP contribution in [0.2, 0.25) is 18.1 Å². The van der Waals surface area contributed by atoms with Gasteiger partial charge in [0.25, 0.3) is 5.60 Å². The average molecular weight is 477 g/mol. The third kappa shape index (κ3) is 8.63. The summed E-state index contributed by atoms with van der Waals surface area (Å²) in [7, 11) is -3.25. The zero-order valence-electron chi connectivity index (χ0n) is 18.8. The van der Waals surface area contributed by atoms with Crippen LogP contribution < -0.4 is 0 Å². The molecule has 0 saturated heterocycles. The molecule has 0 rings (SSSR count). The van der Waals surface area contributed by atoms with Crippen molar-refractivity contribution in [1.82, 2.24) is 0 Å². The summed E-state index contributed by atoms with van der Waals surface area (Å²) in [5, 5.41) is 8.54. The summed E-state index contributed by atoms with van der Waals surface area (Å²) < 4.78 is 88.2. The molecule has 0 aromatic heterocycles. The van der Waals surface area contributed by atoms with Gasteiger partial charge in [-0.3, -0.25) is 0 Å². The Kier molecular flexibility index (Phi) is 11.1. The Bertz CT molecular complexity index is 597. The maximum Gasteiger partial charge on any atom is 0.429 e. The lowest BCUT2D eigenvalue weighted by Gasteiger charge is -2.42. The van der Waals surface area contributed by atoms with Gasteiger partial charge in [0, 0.05) is 6.08 Å². The van der Waals surface area contributed by atoms with Gasteiger partial charge in [-0.2, -0.15) is 26.3 Å². The van der Waals surface area contributed by atoms with Gasteiger partial charge in [-0.15, -0.1) is 0 Å². The van der Waals surface area contributed by atoms with Gasteiger partial charge in [-0.25, -0.2) is 4.79 Å². The molecule has 0 amide bonds. The molecular formula is C21H34F6O3Si. The number of carbonyl (C=O) groups is 1. The van der Waals surface area contributed by atoms with Crippen LogP contribution in [0, 0.1) is 5.41 Å². The highest BCUT2D eigenvalue weighted by atomic mass is 28.4. The van der Waals surface area contributed by atoms with Crippen molar-refractivity contribution in [3.63, 3.8) is 0 Å². The maximum absolute atomic E-state index is 13.9. The van der Waals surface area contributed by atoms with Gasteiger partial charge in [0.1, 0.15) is 0 Å². The van der Waals surface area contributed by atoms with Gasteiger partial charge >= 0.3 is 18.3 Å². The summed E-state index contributed by atoms with van der Waals surface area (Å²) in [5.41, 5.74) is -4.89. The van der Waals surface area contributed by atoms with E-state index < -0.39 is 37.7 Å². The smallest absolute Gasteiger partial charge is 0.429 e. The second kappa shape index (κ2) is 11.5. The first kappa shape index (κ1) is 29.7. The third-order valence-corrected chi connectivity index (χ3v) is 10.3. The van der Waals surface area contributed by atoms with E-state index in [1.165, 1.54) is 6.08 Å². The molecule has 182 valence electrons. The molecule has 1 N–H and O–H groups in total. The number of aliphatic carboxylic acids is 1. The van der Waals surface area contributed by atoms with E-state index in [0.717, 1.165) is 12.2 Å². The van der Waals surface area contributed by atoms with Crippen molar-refractivity contribution >= 4 is 14.3 Å². The largest absolute Gasteiger partial charge is 0.478 e. The van der Waals surface area contributed by atoms with Crippen LogP contribution in [0.25, 0.3) is 0 Å². The molecule has 0 spiro atoms. The number of rotatable bonds is 13. The fraction of sp³-hybridized carbons (Fsp3) is 0.762. The molecule has 0 unspecified atom stereocenters. The molecule has 10 heteroatoms. The molecule has 0 aliphatic heterocycles. The first-order chi connectivity index (χ1) is 14.0. The molecule has 3 nitrogen and oxygen atoms in total. The number of hydrogen-bond acceptors (Lipinski definition) is 2. The molecule has 0 aromatic rings. The minimum atomic E-state index is -5.65. The topological polar surface area (TPSA) is 46.5 Å². The minimum Gasteiger partial charge on any atom is -0.478 e. The van der Waals surface area contributed by atoms with E-state index in [-0.39, 0.29) is 30.6 Å². The van der Waals surface area contributed by atoms with E-state index in [4.69, 9.17) is 9.53 Å². The number of alkyl halides is 6. The van der Waals surface area contributed by atoms with Crippen LogP contribution in [0.15, 0.2) is 24.3 Å². The Morgan fingerprint density at radius 1 is 0.935 bits per heavy atom. The first-order valence-corrected chi connectivity index (χ1v) is 12.9. The summed E-state index contributed by atoms with van der Waals surface area (Å²) >= 11 is 0. The molecule has 0 heterocycles. The van der Waals surface area contributed by atoms with Gasteiger partial charge < -0.3 is 9.53 Å². The van der Waals surface area contributed by atoms with Crippen LogP contribution in [-0.4, -0.2) is 37.3 Å². The summed E-state index contributed by atoms with van der Waals surface area (Å²) in [5.74, 6) is -1.08. The normalized spacial score (nSPS) is 14.7. The Hall–Kier alpha value is -1.29. The van der Waals surface area contributed by atoms with Crippen LogP contribution in [0.1, 0.15) is 60.3 Å². The number of halogens is 6. The van der Waals surface area contributed by atoms with Gasteiger partial charge in [0.15, 0.2) is 8.32 Å². The Morgan fingerprint density at radius 2 is 1.42 bits per heavy atom. The summed E-state index contributed by atoms with van der Waals surface area (Å²) in [6, 6.07) is 0.450. The third-order valence-electron chi connectivity index (χ3n) is 5.66. The van der Waals surface area contributed by atoms with Crippen molar-refractivity contribution in [2.24, 2.45) is 5.41 Å². The number of hydrogen-bond donors (Lipinski definition) is 1. The highest BCUT2D eigenvalue weighted by molar-refractivity contribution is 6.73. The predicted octanol–water partition coefficient (Wildman–Crippen LogP) is 7.66. The standard InChI is InChI=1S/C21H34F6O3Si/c1-6-31(7-2,8-3)30-19(20(22,23)24,21(25,26)27)16-12-15-18(4,5)14-11-9-10-13-17(28)29/h10,12-13,16H,6-9,11,14-15H2,1-5H3,(H,28,29). The lowest BCUT2D eigenvalue weighted by atomic mass is 9.83. The molecule has 0 radical (unpaired) electrons. The Balaban J connectivity index is 5.73. The zero-order chi connectivity index (χ0) is 24.6. The van der Waals surface area contributed by atoms with Crippen LogP contribution in [0.4, 0.5) is 26.3 Å². The number of carboxylic acids is 1. The molecule has 0 aromatic carbocycles. The molecule has 0 bridgehead atoms. The van der Waals surface area contributed by atoms with E-state index in [2.05, 4.69) is 0 Å². The second-order valence-electron chi connectivity index (χ2n) is 8.48. The number of unbranched alkanes of at least 4 members (excludes halogenated alkanes) is 1. The van der Waals surface area contributed by atoms with E-state index in [1.807, 2.05) is 0 Å². The van der Waals surface area contributed by atoms with E-state index in [0.29, 0.717) is 19.3 Å². The molecule has 31 heavy (non-hydrogen) atoms. The van der Waals surface area contributed by atoms with Crippen molar-refractivity contribution in [1.29, 1.82) is 0 Å². The van der Waals surface area contributed by atoms with Crippen LogP contribution >= 0.6 is 0 Å². The first-order valence-electron chi connectivity index (χ1n) is 10.4. The molecule has 0 aliphatic rings. The van der Waals surface area contributed by atoms with Crippen molar-refractivity contribution in [3.05, 3.63) is 24.3 Å². The maximum atomic E-state index is 13.9. The molecule has 0 aliphatic carbocycles. The fourth-order valence-corrected chi connectivity index (χ4v) is 6.25. The van der Waals surface area contributed by atoms with Crippen molar-refractivity contribution < 1.29 is 40.7 Å². The van der Waals surface area contributed by atoms with E-state index >= 15 is 0 Å². The highest BCUT2D eigenvalue weighted by Gasteiger charge is 2.72. The number of carboxylic acid groups (broad SMARTS) is 1. The van der Waals surface area contributed by atoms with Gasteiger partial charge in [-0.1, -0.05) is 46.8 Å². The van der Waals surface area contributed by atoms with Gasteiger partial charge in [0.2, 0.25) is 0 Å². The second-order valence-corrected chi connectivity index (χ2v) is 13.2. The summed E-state index contributed by atoms with van der Waals surface area (Å²) in [6.07, 6.45) is -6.25. The summed E-state index contributed by atoms with van der Waals surface area (Å²) in [6.45, 7) is 8.20. The monoisotopic (exact) mass is 476 g/mol. The lowest BCUT2D eigenvalue weighted by Crippen LogP contribution is -2.62. The predicted molar refractivity (Wildman–Crippen MR) is 111 cm³/mol. The fourth-order valence-electron chi connectivity index (χ4n) is 3.34. The molecule has 0 atom stereocenters. The van der Waals surface area contributed by atoms with Crippen molar-refractivity contribution in [2.45, 2.75) is 96.4 Å². The molecule has 0 fully saturated rings. The van der Waals surface area contributed by atoms with Crippen LogP contribution in [0.3, 0.4) is 0 Å². The Morgan fingerprint density at radius 3 is 1.81 bits per heavy atom. The van der Waals surface area contributed by atoms with E-state index in [9.17, 15) is 31.1 Å². The van der Waals surface area contributed by atoms with E-state index in [1.54, 1.807) is 34.6 Å². The number of allylic oxidation sites excluding steroid dienone is 2. The van der Waals surface area contributed by atoms with Crippen LogP contribution in [0.5, 0.6) is 0 Å².